The molecule has 0 aliphatic carbocycles. The third-order valence-electron chi connectivity index (χ3n) is 3.97. The largest absolute Gasteiger partial charge is 0.368 e. The van der Waals surface area contributed by atoms with Crippen LogP contribution in [0.25, 0.3) is 0 Å². The van der Waals surface area contributed by atoms with Gasteiger partial charge in [0.15, 0.2) is 0 Å². The van der Waals surface area contributed by atoms with E-state index in [9.17, 15) is 4.79 Å². The number of halogens is 1. The minimum Gasteiger partial charge on any atom is -0.368 e. The molecule has 0 atom stereocenters. The van der Waals surface area contributed by atoms with Crippen LogP contribution in [0.2, 0.25) is 5.02 Å². The van der Waals surface area contributed by atoms with Crippen molar-refractivity contribution >= 4 is 28.9 Å². The molecule has 1 aromatic carbocycles. The van der Waals surface area contributed by atoms with Crippen LogP contribution in [-0.4, -0.2) is 49.0 Å². The Bertz CT molecular complexity index is 684. The number of hydrogen-bond acceptors (Lipinski definition) is 4. The molecule has 1 N–H and O–H groups in total. The molecule has 0 unspecified atom stereocenters. The van der Waals surface area contributed by atoms with Gasteiger partial charge in [-0.1, -0.05) is 11.6 Å². The molecular formula is C17H19ClN4O. The predicted molar refractivity (Wildman–Crippen MR) is 93.4 cm³/mol. The van der Waals surface area contributed by atoms with Gasteiger partial charge in [0.05, 0.1) is 16.3 Å². The van der Waals surface area contributed by atoms with Gasteiger partial charge in [-0.25, -0.2) is 0 Å². The summed E-state index contributed by atoms with van der Waals surface area (Å²) in [7, 11) is 2.12. The minimum absolute atomic E-state index is 0.193. The number of aromatic nitrogens is 1. The van der Waals surface area contributed by atoms with Gasteiger partial charge in [-0.15, -0.1) is 0 Å². The zero-order chi connectivity index (χ0) is 16.2. The van der Waals surface area contributed by atoms with Crippen molar-refractivity contribution in [1.29, 1.82) is 0 Å². The summed E-state index contributed by atoms with van der Waals surface area (Å²) in [5, 5.41) is 3.50. The molecule has 1 aliphatic rings. The van der Waals surface area contributed by atoms with Crippen molar-refractivity contribution in [2.75, 3.05) is 43.4 Å². The van der Waals surface area contributed by atoms with Crippen molar-refractivity contribution < 1.29 is 4.79 Å². The summed E-state index contributed by atoms with van der Waals surface area (Å²) >= 11 is 6.41. The second-order valence-corrected chi connectivity index (χ2v) is 6.06. The number of carbonyl (C=O) groups excluding carboxylic acids is 1. The Labute approximate surface area is 140 Å². The van der Waals surface area contributed by atoms with Crippen LogP contribution in [0.5, 0.6) is 0 Å². The Balaban J connectivity index is 1.71. The number of rotatable bonds is 3. The van der Waals surface area contributed by atoms with E-state index in [0.29, 0.717) is 16.3 Å². The van der Waals surface area contributed by atoms with Gasteiger partial charge in [-0.05, 0) is 37.4 Å². The fraction of sp³-hybridized carbons (Fsp3) is 0.294. The predicted octanol–water partition coefficient (Wildman–Crippen LogP) is 2.74. The van der Waals surface area contributed by atoms with Gasteiger partial charge in [-0.3, -0.25) is 9.78 Å². The van der Waals surface area contributed by atoms with Gasteiger partial charge in [0.1, 0.15) is 0 Å². The van der Waals surface area contributed by atoms with Crippen molar-refractivity contribution in [2.24, 2.45) is 0 Å². The number of benzene rings is 1. The van der Waals surface area contributed by atoms with E-state index in [1.165, 1.54) is 6.20 Å². The number of likely N-dealkylation sites (N-methyl/N-ethyl adjacent to an activating group) is 1. The first-order chi connectivity index (χ1) is 11.1. The van der Waals surface area contributed by atoms with Gasteiger partial charge in [0.2, 0.25) is 0 Å². The van der Waals surface area contributed by atoms with Crippen LogP contribution in [0.15, 0.2) is 42.7 Å². The molecule has 1 saturated heterocycles. The Morgan fingerprint density at radius 2 is 2.00 bits per heavy atom. The molecule has 1 aromatic heterocycles. The lowest BCUT2D eigenvalue weighted by Gasteiger charge is -2.34. The highest BCUT2D eigenvalue weighted by Crippen LogP contribution is 2.29. The van der Waals surface area contributed by atoms with Crippen molar-refractivity contribution in [3.63, 3.8) is 0 Å². The number of hydrogen-bond donors (Lipinski definition) is 1. The maximum atomic E-state index is 12.1. The van der Waals surface area contributed by atoms with Crippen molar-refractivity contribution in [3.05, 3.63) is 53.3 Å². The van der Waals surface area contributed by atoms with Crippen LogP contribution >= 0.6 is 11.6 Å². The molecule has 120 valence electrons. The quantitative estimate of drug-likeness (QED) is 0.940. The highest BCUT2D eigenvalue weighted by Gasteiger charge is 2.17. The lowest BCUT2D eigenvalue weighted by Crippen LogP contribution is -2.44. The molecule has 0 saturated carbocycles. The molecule has 0 bridgehead atoms. The number of pyridine rings is 1. The van der Waals surface area contributed by atoms with Crippen molar-refractivity contribution in [1.82, 2.24) is 9.88 Å². The average Bonchev–Trinajstić information content (AvgIpc) is 2.57. The number of anilines is 2. The maximum absolute atomic E-state index is 12.1. The van der Waals surface area contributed by atoms with Gasteiger partial charge in [0.25, 0.3) is 5.91 Å². The van der Waals surface area contributed by atoms with Crippen LogP contribution in [0.3, 0.4) is 0 Å². The van der Waals surface area contributed by atoms with Crippen LogP contribution in [0.4, 0.5) is 11.4 Å². The minimum atomic E-state index is -0.193. The SMILES string of the molecule is CN1CCN(c2ccc(NC(=O)c3cccnc3)cc2Cl)CC1. The monoisotopic (exact) mass is 330 g/mol. The molecule has 23 heavy (non-hydrogen) atoms. The van der Waals surface area contributed by atoms with Crippen LogP contribution < -0.4 is 10.2 Å². The highest BCUT2D eigenvalue weighted by atomic mass is 35.5. The molecule has 1 fully saturated rings. The molecule has 0 spiro atoms. The maximum Gasteiger partial charge on any atom is 0.257 e. The van der Waals surface area contributed by atoms with E-state index >= 15 is 0 Å². The first kappa shape index (κ1) is 15.8. The number of carbonyl (C=O) groups is 1. The van der Waals surface area contributed by atoms with Crippen LogP contribution in [0, 0.1) is 0 Å². The fourth-order valence-corrected chi connectivity index (χ4v) is 2.89. The molecular weight excluding hydrogens is 312 g/mol. The smallest absolute Gasteiger partial charge is 0.257 e. The standard InChI is InChI=1S/C17H19ClN4O/c1-21-7-9-22(10-8-21)16-5-4-14(11-15(16)18)20-17(23)13-3-2-6-19-12-13/h2-6,11-12H,7-10H2,1H3,(H,20,23). The average molecular weight is 331 g/mol. The molecule has 3 rings (SSSR count). The van der Waals surface area contributed by atoms with Crippen molar-refractivity contribution in [2.45, 2.75) is 0 Å². The summed E-state index contributed by atoms with van der Waals surface area (Å²) in [5.74, 6) is -0.193. The first-order valence-corrected chi connectivity index (χ1v) is 7.96. The van der Waals surface area contributed by atoms with E-state index < -0.39 is 0 Å². The molecule has 2 heterocycles. The number of piperazine rings is 1. The van der Waals surface area contributed by atoms with Crippen LogP contribution in [0.1, 0.15) is 10.4 Å². The summed E-state index contributed by atoms with van der Waals surface area (Å²) in [6, 6.07) is 9.10. The van der Waals surface area contributed by atoms with E-state index in [-0.39, 0.29) is 5.91 Å². The molecule has 1 aliphatic heterocycles. The number of amides is 1. The molecule has 5 nitrogen and oxygen atoms in total. The summed E-state index contributed by atoms with van der Waals surface area (Å²) in [4.78, 5) is 20.7. The van der Waals surface area contributed by atoms with E-state index in [4.69, 9.17) is 11.6 Å². The topological polar surface area (TPSA) is 48.5 Å². The fourth-order valence-electron chi connectivity index (χ4n) is 2.59. The summed E-state index contributed by atoms with van der Waals surface area (Å²) in [5.41, 5.74) is 2.22. The zero-order valence-corrected chi connectivity index (χ0v) is 13.8. The Morgan fingerprint density at radius 1 is 1.22 bits per heavy atom. The molecule has 1 amide bonds. The molecule has 6 heteroatoms. The van der Waals surface area contributed by atoms with Crippen molar-refractivity contribution in [3.8, 4) is 0 Å². The third kappa shape index (κ3) is 3.81. The number of nitrogens with zero attached hydrogens (tertiary/aromatic N) is 3. The van der Waals surface area contributed by atoms with Gasteiger partial charge in [0, 0.05) is 44.3 Å². The number of nitrogens with one attached hydrogen (secondary N) is 1. The first-order valence-electron chi connectivity index (χ1n) is 7.58. The van der Waals surface area contributed by atoms with Gasteiger partial charge >= 0.3 is 0 Å². The van der Waals surface area contributed by atoms with Crippen LogP contribution in [-0.2, 0) is 0 Å². The summed E-state index contributed by atoms with van der Waals surface area (Å²) in [6.07, 6.45) is 3.17. The van der Waals surface area contributed by atoms with E-state index in [0.717, 1.165) is 31.9 Å². The molecule has 0 radical (unpaired) electrons. The summed E-state index contributed by atoms with van der Waals surface area (Å²) in [6.45, 7) is 3.96. The second kappa shape index (κ2) is 6.98. The third-order valence-corrected chi connectivity index (χ3v) is 4.28. The zero-order valence-electron chi connectivity index (χ0n) is 13.0. The Morgan fingerprint density at radius 3 is 2.65 bits per heavy atom. The lowest BCUT2D eigenvalue weighted by atomic mass is 10.2. The van der Waals surface area contributed by atoms with E-state index in [1.54, 1.807) is 24.4 Å². The van der Waals surface area contributed by atoms with Gasteiger partial charge < -0.3 is 15.1 Å². The summed E-state index contributed by atoms with van der Waals surface area (Å²) < 4.78 is 0. The lowest BCUT2D eigenvalue weighted by molar-refractivity contribution is 0.102. The molecule has 2 aromatic rings. The van der Waals surface area contributed by atoms with Gasteiger partial charge in [-0.2, -0.15) is 0 Å². The highest BCUT2D eigenvalue weighted by molar-refractivity contribution is 6.33. The van der Waals surface area contributed by atoms with E-state index in [2.05, 4.69) is 27.1 Å². The second-order valence-electron chi connectivity index (χ2n) is 5.65. The normalized spacial score (nSPS) is 15.5. The Kier molecular flexibility index (Phi) is 4.79. The Hall–Kier alpha value is -2.11. The van der Waals surface area contributed by atoms with E-state index in [1.807, 2.05) is 12.1 Å².